The number of hydrogen-bond donors (Lipinski definition) is 6. The number of benzene rings is 2. The lowest BCUT2D eigenvalue weighted by atomic mass is 10.2. The molecule has 6 N–H and O–H groups in total. The fourth-order valence-corrected chi connectivity index (χ4v) is 4.43. The molecule has 0 saturated heterocycles. The number of phenolic OH excluding ortho intramolecular Hbond substituents is 4. The van der Waals surface area contributed by atoms with Gasteiger partial charge in [-0.1, -0.05) is 21.6 Å². The minimum absolute atomic E-state index is 0.0580. The van der Waals surface area contributed by atoms with E-state index in [2.05, 4.69) is 9.98 Å². The van der Waals surface area contributed by atoms with E-state index >= 15 is 0 Å². The number of nitrogens with zero attached hydrogens (tertiary/aromatic N) is 2. The first-order valence-electron chi connectivity index (χ1n) is 8.97. The number of aliphatic carboxylic acids is 2. The number of hydrogen-bond acceptors (Lipinski definition) is 10. The molecule has 0 aliphatic rings. The van der Waals surface area contributed by atoms with Gasteiger partial charge in [0.15, 0.2) is 35.1 Å². The summed E-state index contributed by atoms with van der Waals surface area (Å²) in [5, 5.41) is 56.2. The average molecular weight is 481 g/mol. The first kappa shape index (κ1) is 24.9. The van der Waals surface area contributed by atoms with E-state index in [-0.39, 0.29) is 34.5 Å². The highest BCUT2D eigenvalue weighted by Crippen LogP contribution is 2.27. The van der Waals surface area contributed by atoms with Gasteiger partial charge in [0.1, 0.15) is 0 Å². The van der Waals surface area contributed by atoms with Crippen LogP contribution >= 0.6 is 21.6 Å². The van der Waals surface area contributed by atoms with E-state index in [4.69, 9.17) is 0 Å². The summed E-state index contributed by atoms with van der Waals surface area (Å²) in [7, 11) is 2.25. The van der Waals surface area contributed by atoms with Crippen molar-refractivity contribution in [1.29, 1.82) is 0 Å². The van der Waals surface area contributed by atoms with Crippen LogP contribution in [0.1, 0.15) is 11.1 Å². The number of carbonyl (C=O) groups is 2. The Morgan fingerprint density at radius 3 is 1.41 bits per heavy atom. The first-order chi connectivity index (χ1) is 15.2. The molecule has 0 saturated carbocycles. The van der Waals surface area contributed by atoms with E-state index in [0.717, 1.165) is 21.6 Å². The summed E-state index contributed by atoms with van der Waals surface area (Å²) < 4.78 is 0. The zero-order chi connectivity index (χ0) is 23.7. The maximum atomic E-state index is 11.4. The molecule has 0 heterocycles. The third kappa shape index (κ3) is 7.71. The van der Waals surface area contributed by atoms with Crippen molar-refractivity contribution in [2.45, 2.75) is 12.1 Å². The molecular formula is C20H20N2O8S2. The van der Waals surface area contributed by atoms with Crippen LogP contribution in [0.4, 0.5) is 0 Å². The maximum Gasteiger partial charge on any atom is 0.329 e. The molecule has 2 rings (SSSR count). The van der Waals surface area contributed by atoms with Crippen molar-refractivity contribution in [3.05, 3.63) is 47.5 Å². The number of rotatable bonds is 11. The number of carboxylic acid groups (broad SMARTS) is 2. The molecule has 170 valence electrons. The van der Waals surface area contributed by atoms with Crippen molar-refractivity contribution in [2.75, 3.05) is 11.5 Å². The second kappa shape index (κ2) is 11.9. The van der Waals surface area contributed by atoms with Crippen LogP contribution in [0.25, 0.3) is 0 Å². The molecule has 2 aromatic carbocycles. The molecule has 0 amide bonds. The van der Waals surface area contributed by atoms with E-state index in [1.54, 1.807) is 0 Å². The smallest absolute Gasteiger partial charge is 0.329 e. The van der Waals surface area contributed by atoms with Crippen LogP contribution in [0, 0.1) is 0 Å². The molecule has 12 heteroatoms. The molecule has 2 unspecified atom stereocenters. The van der Waals surface area contributed by atoms with Gasteiger partial charge in [-0.25, -0.2) is 9.59 Å². The van der Waals surface area contributed by atoms with E-state index < -0.39 is 24.0 Å². The Morgan fingerprint density at radius 1 is 0.719 bits per heavy atom. The van der Waals surface area contributed by atoms with Gasteiger partial charge in [-0.05, 0) is 47.5 Å². The molecule has 10 nitrogen and oxygen atoms in total. The van der Waals surface area contributed by atoms with Crippen LogP contribution in [0.15, 0.2) is 46.4 Å². The van der Waals surface area contributed by atoms with Crippen molar-refractivity contribution in [3.8, 4) is 23.0 Å². The zero-order valence-corrected chi connectivity index (χ0v) is 18.0. The van der Waals surface area contributed by atoms with Crippen LogP contribution in [0.3, 0.4) is 0 Å². The Bertz CT molecular complexity index is 947. The van der Waals surface area contributed by atoms with Gasteiger partial charge < -0.3 is 30.6 Å². The molecule has 2 atom stereocenters. The summed E-state index contributed by atoms with van der Waals surface area (Å²) in [6.45, 7) is 0. The van der Waals surface area contributed by atoms with Gasteiger partial charge in [-0.2, -0.15) is 0 Å². The van der Waals surface area contributed by atoms with E-state index in [0.29, 0.717) is 11.1 Å². The molecule has 0 aliphatic heterocycles. The summed E-state index contributed by atoms with van der Waals surface area (Å²) >= 11 is 0. The number of aromatic hydroxyl groups is 4. The molecule has 0 spiro atoms. The van der Waals surface area contributed by atoms with Crippen molar-refractivity contribution in [2.24, 2.45) is 9.98 Å². The van der Waals surface area contributed by atoms with Gasteiger partial charge in [0.2, 0.25) is 0 Å². The van der Waals surface area contributed by atoms with Crippen molar-refractivity contribution >= 4 is 46.0 Å². The lowest BCUT2D eigenvalue weighted by Crippen LogP contribution is -2.22. The fourth-order valence-electron chi connectivity index (χ4n) is 2.17. The molecule has 0 radical (unpaired) electrons. The number of carboxylic acids is 2. The van der Waals surface area contributed by atoms with Gasteiger partial charge in [0, 0.05) is 23.9 Å². The Kier molecular flexibility index (Phi) is 9.22. The van der Waals surface area contributed by atoms with Crippen molar-refractivity contribution in [1.82, 2.24) is 0 Å². The van der Waals surface area contributed by atoms with Crippen LogP contribution in [0.5, 0.6) is 23.0 Å². The summed E-state index contributed by atoms with van der Waals surface area (Å²) in [5.74, 6) is -3.54. The molecular weight excluding hydrogens is 460 g/mol. The summed E-state index contributed by atoms with van der Waals surface area (Å²) in [6.07, 6.45) is 2.53. The van der Waals surface area contributed by atoms with Gasteiger partial charge in [0.05, 0.1) is 0 Å². The fraction of sp³-hybridized carbons (Fsp3) is 0.200. The summed E-state index contributed by atoms with van der Waals surface area (Å²) in [4.78, 5) is 30.7. The Morgan fingerprint density at radius 2 is 1.09 bits per heavy atom. The topological polar surface area (TPSA) is 180 Å². The van der Waals surface area contributed by atoms with Crippen LogP contribution in [-0.2, 0) is 9.59 Å². The Hall–Kier alpha value is -3.38. The molecule has 0 fully saturated rings. The average Bonchev–Trinajstić information content (AvgIpc) is 2.73. The number of aliphatic imine (C=N–C) groups is 2. The Labute approximate surface area is 190 Å². The molecule has 0 aliphatic carbocycles. The van der Waals surface area contributed by atoms with E-state index in [1.807, 2.05) is 0 Å². The third-order valence-electron chi connectivity index (χ3n) is 3.91. The second-order valence-electron chi connectivity index (χ2n) is 6.33. The molecule has 0 aromatic heterocycles. The normalized spacial score (nSPS) is 13.4. The predicted molar refractivity (Wildman–Crippen MR) is 122 cm³/mol. The first-order valence-corrected chi connectivity index (χ1v) is 11.5. The Balaban J connectivity index is 1.90. The van der Waals surface area contributed by atoms with Gasteiger partial charge >= 0.3 is 11.9 Å². The van der Waals surface area contributed by atoms with Gasteiger partial charge in [0.25, 0.3) is 0 Å². The SMILES string of the molecule is O=C(O)C(CSSCC(N=Cc1ccc(O)c(O)c1)C(=O)O)N=Cc1ccc(O)c(O)c1. The molecule has 0 bridgehead atoms. The third-order valence-corrected chi connectivity index (χ3v) is 6.30. The van der Waals surface area contributed by atoms with Gasteiger partial charge in [-0.15, -0.1) is 0 Å². The van der Waals surface area contributed by atoms with Crippen molar-refractivity contribution in [3.63, 3.8) is 0 Å². The molecule has 32 heavy (non-hydrogen) atoms. The highest BCUT2D eigenvalue weighted by Gasteiger charge is 2.19. The minimum Gasteiger partial charge on any atom is -0.504 e. The quantitative estimate of drug-likeness (QED) is 0.121. The predicted octanol–water partition coefficient (Wildman–Crippen LogP) is 2.33. The van der Waals surface area contributed by atoms with Crippen LogP contribution in [-0.4, -0.2) is 78.6 Å². The van der Waals surface area contributed by atoms with E-state index in [9.17, 15) is 40.2 Å². The number of phenols is 4. The zero-order valence-electron chi connectivity index (χ0n) is 16.4. The monoisotopic (exact) mass is 480 g/mol. The van der Waals surface area contributed by atoms with E-state index in [1.165, 1.54) is 48.8 Å². The van der Waals surface area contributed by atoms with Crippen LogP contribution in [0.2, 0.25) is 0 Å². The minimum atomic E-state index is -1.17. The van der Waals surface area contributed by atoms with Gasteiger partial charge in [-0.3, -0.25) is 9.98 Å². The maximum absolute atomic E-state index is 11.4. The van der Waals surface area contributed by atoms with Crippen LogP contribution < -0.4 is 0 Å². The largest absolute Gasteiger partial charge is 0.504 e. The van der Waals surface area contributed by atoms with Crippen molar-refractivity contribution < 1.29 is 40.2 Å². The standard InChI is InChI=1S/C20H20N2O8S2/c23-15-3-1-11(5-17(15)25)7-21-13(19(27)28)9-31-32-10-14(20(29)30)22-8-12-2-4-16(24)18(26)6-12/h1-8,13-14,23-26H,9-10H2,(H,27,28)(H,29,30). The lowest BCUT2D eigenvalue weighted by Gasteiger charge is -2.09. The second-order valence-corrected chi connectivity index (χ2v) is 8.88. The molecule has 2 aromatic rings. The summed E-state index contributed by atoms with van der Waals surface area (Å²) in [5.41, 5.74) is 0.814. The highest BCUT2D eigenvalue weighted by atomic mass is 33.1. The lowest BCUT2D eigenvalue weighted by molar-refractivity contribution is -0.138. The highest BCUT2D eigenvalue weighted by molar-refractivity contribution is 8.76. The summed E-state index contributed by atoms with van der Waals surface area (Å²) in [6, 6.07) is 5.70.